The van der Waals surface area contributed by atoms with Crippen LogP contribution in [0.25, 0.3) is 0 Å². The Morgan fingerprint density at radius 2 is 1.55 bits per heavy atom. The lowest BCUT2D eigenvalue weighted by molar-refractivity contribution is -0.151. The van der Waals surface area contributed by atoms with Gasteiger partial charge in [0.05, 0.1) is 23.5 Å². The number of aryl methyl sites for hydroxylation is 1. The maximum absolute atomic E-state index is 13.0. The Labute approximate surface area is 224 Å². The summed E-state index contributed by atoms with van der Waals surface area (Å²) < 4.78 is 44.7. The van der Waals surface area contributed by atoms with Gasteiger partial charge in [0, 0.05) is 19.4 Å². The summed E-state index contributed by atoms with van der Waals surface area (Å²) in [6.45, 7) is 6.75. The molecule has 1 aliphatic rings. The summed E-state index contributed by atoms with van der Waals surface area (Å²) in [6.07, 6.45) is 6.10. The number of carbonyl (C=O) groups is 3. The molecule has 0 aromatic heterocycles. The first-order chi connectivity index (χ1) is 17.9. The highest BCUT2D eigenvalue weighted by molar-refractivity contribution is 7.89. The number of esters is 2. The minimum absolute atomic E-state index is 0.0221. The second kappa shape index (κ2) is 14.8. The van der Waals surface area contributed by atoms with Gasteiger partial charge in [-0.25, -0.2) is 17.9 Å². The lowest BCUT2D eigenvalue weighted by atomic mass is 10.0. The van der Waals surface area contributed by atoms with E-state index in [0.717, 1.165) is 5.56 Å². The van der Waals surface area contributed by atoms with Crippen LogP contribution < -0.4 is 10.0 Å². The van der Waals surface area contributed by atoms with Crippen LogP contribution in [-0.2, 0) is 38.6 Å². The number of benzene rings is 1. The van der Waals surface area contributed by atoms with Gasteiger partial charge >= 0.3 is 11.9 Å². The average molecular weight is 551 g/mol. The maximum atomic E-state index is 13.0. The highest BCUT2D eigenvalue weighted by Crippen LogP contribution is 2.15. The van der Waals surface area contributed by atoms with E-state index in [-0.39, 0.29) is 36.9 Å². The smallest absolute Gasteiger partial charge is 0.328 e. The number of carbonyl (C=O) groups excluding carboxylic acids is 3. The van der Waals surface area contributed by atoms with Gasteiger partial charge in [0.1, 0.15) is 19.3 Å². The fraction of sp³-hybridized carbons (Fsp3) is 0.519. The Bertz CT molecular complexity index is 1110. The third-order valence-electron chi connectivity index (χ3n) is 6.17. The Kier molecular flexibility index (Phi) is 12.1. The van der Waals surface area contributed by atoms with Crippen LogP contribution in [0.4, 0.5) is 0 Å². The molecule has 210 valence electrons. The van der Waals surface area contributed by atoms with Gasteiger partial charge < -0.3 is 19.5 Å². The number of sulfonamides is 1. The van der Waals surface area contributed by atoms with Gasteiger partial charge in [-0.2, -0.15) is 0 Å². The molecule has 38 heavy (non-hydrogen) atoms. The third-order valence-corrected chi connectivity index (χ3v) is 7.68. The summed E-state index contributed by atoms with van der Waals surface area (Å²) in [5.41, 5.74) is 0.918. The standard InChI is InChI=1S/C27H38N2O8S/c1-18-12-14-22(15-13-18)38(33,34)29-23-16-36-26(31)11-7-9-20(3)24(35-5)17-37-27(32)21(4)28-25(30)10-6-8-19(23)2/h6-9,12-15,19-21,23-24,29H,10-11,16-17H2,1-5H3,(H,28,30)/t19-,20+,21+,23-,24-/m1/s1. The fourth-order valence-electron chi connectivity index (χ4n) is 3.63. The Balaban J connectivity index is 2.25. The van der Waals surface area contributed by atoms with Crippen molar-refractivity contribution in [2.24, 2.45) is 11.8 Å². The van der Waals surface area contributed by atoms with Crippen molar-refractivity contribution in [1.29, 1.82) is 0 Å². The molecule has 0 saturated carbocycles. The van der Waals surface area contributed by atoms with Gasteiger partial charge in [-0.1, -0.05) is 55.8 Å². The molecule has 2 rings (SSSR count). The molecule has 0 bridgehead atoms. The van der Waals surface area contributed by atoms with Gasteiger partial charge in [0.2, 0.25) is 15.9 Å². The van der Waals surface area contributed by atoms with E-state index in [2.05, 4.69) is 10.0 Å². The summed E-state index contributed by atoms with van der Waals surface area (Å²) in [6, 6.07) is 4.75. The monoisotopic (exact) mass is 550 g/mol. The van der Waals surface area contributed by atoms with Crippen molar-refractivity contribution in [2.75, 3.05) is 20.3 Å². The van der Waals surface area contributed by atoms with Crippen molar-refractivity contribution in [1.82, 2.24) is 10.0 Å². The molecular formula is C27H38N2O8S. The van der Waals surface area contributed by atoms with Crippen molar-refractivity contribution in [2.45, 2.75) is 63.6 Å². The van der Waals surface area contributed by atoms with Crippen LogP contribution in [-0.4, -0.2) is 64.8 Å². The number of ether oxygens (including phenoxy) is 3. The lowest BCUT2D eigenvalue weighted by Crippen LogP contribution is -2.42. The molecule has 1 heterocycles. The molecule has 0 fully saturated rings. The van der Waals surface area contributed by atoms with Crippen molar-refractivity contribution < 1.29 is 37.0 Å². The highest BCUT2D eigenvalue weighted by atomic mass is 32.2. The van der Waals surface area contributed by atoms with Gasteiger partial charge in [0.25, 0.3) is 0 Å². The fourth-order valence-corrected chi connectivity index (χ4v) is 4.94. The molecule has 1 aromatic carbocycles. The van der Waals surface area contributed by atoms with Crippen LogP contribution in [0.15, 0.2) is 53.5 Å². The molecule has 0 radical (unpaired) electrons. The van der Waals surface area contributed by atoms with Crippen LogP contribution >= 0.6 is 0 Å². The molecular weight excluding hydrogens is 512 g/mol. The van der Waals surface area contributed by atoms with E-state index < -0.39 is 52.0 Å². The zero-order valence-corrected chi connectivity index (χ0v) is 23.3. The van der Waals surface area contributed by atoms with Crippen molar-refractivity contribution in [3.05, 3.63) is 54.1 Å². The van der Waals surface area contributed by atoms with Crippen molar-refractivity contribution >= 4 is 27.9 Å². The second-order valence-corrected chi connectivity index (χ2v) is 11.1. The molecule has 5 atom stereocenters. The van der Waals surface area contributed by atoms with E-state index in [1.165, 1.54) is 26.2 Å². The van der Waals surface area contributed by atoms with Crippen LogP contribution in [0.2, 0.25) is 0 Å². The van der Waals surface area contributed by atoms with Gasteiger partial charge in [-0.15, -0.1) is 0 Å². The van der Waals surface area contributed by atoms with E-state index in [0.29, 0.717) is 0 Å². The molecule has 1 aromatic rings. The van der Waals surface area contributed by atoms with E-state index in [4.69, 9.17) is 14.2 Å². The predicted molar refractivity (Wildman–Crippen MR) is 141 cm³/mol. The molecule has 11 heteroatoms. The molecule has 10 nitrogen and oxygen atoms in total. The lowest BCUT2D eigenvalue weighted by Gasteiger charge is -2.23. The summed E-state index contributed by atoms with van der Waals surface area (Å²) >= 11 is 0. The first-order valence-electron chi connectivity index (χ1n) is 12.5. The van der Waals surface area contributed by atoms with Gasteiger partial charge in [-0.05, 0) is 31.9 Å². The minimum Gasteiger partial charge on any atom is -0.464 e. The zero-order valence-electron chi connectivity index (χ0n) is 22.5. The molecule has 0 saturated heterocycles. The molecule has 1 amide bonds. The summed E-state index contributed by atoms with van der Waals surface area (Å²) in [5.74, 6) is -2.15. The van der Waals surface area contributed by atoms with Crippen molar-refractivity contribution in [3.8, 4) is 0 Å². The quantitative estimate of drug-likeness (QED) is 0.431. The number of rotatable bonds is 4. The molecule has 0 unspecified atom stereocenters. The first kappa shape index (κ1) is 31.2. The van der Waals surface area contributed by atoms with Crippen LogP contribution in [0.5, 0.6) is 0 Å². The Morgan fingerprint density at radius 3 is 2.21 bits per heavy atom. The van der Waals surface area contributed by atoms with Gasteiger partial charge in [-0.3, -0.25) is 9.59 Å². The number of hydrogen-bond acceptors (Lipinski definition) is 8. The van der Waals surface area contributed by atoms with Crippen molar-refractivity contribution in [3.63, 3.8) is 0 Å². The predicted octanol–water partition coefficient (Wildman–Crippen LogP) is 2.43. The zero-order chi connectivity index (χ0) is 28.3. The van der Waals surface area contributed by atoms with Gasteiger partial charge in [0.15, 0.2) is 0 Å². The highest BCUT2D eigenvalue weighted by Gasteiger charge is 2.26. The van der Waals surface area contributed by atoms with E-state index >= 15 is 0 Å². The molecule has 1 aliphatic heterocycles. The van der Waals surface area contributed by atoms with E-state index in [9.17, 15) is 22.8 Å². The number of cyclic esters (lactones) is 2. The normalized spacial score (nSPS) is 26.9. The van der Waals surface area contributed by atoms with Crippen LogP contribution in [0, 0.1) is 18.8 Å². The summed E-state index contributed by atoms with van der Waals surface area (Å²) in [4.78, 5) is 37.1. The largest absolute Gasteiger partial charge is 0.464 e. The Morgan fingerprint density at radius 1 is 0.921 bits per heavy atom. The number of amides is 1. The van der Waals surface area contributed by atoms with Crippen LogP contribution in [0.3, 0.4) is 0 Å². The van der Waals surface area contributed by atoms with Crippen LogP contribution in [0.1, 0.15) is 39.2 Å². The number of hydrogen-bond donors (Lipinski definition) is 2. The summed E-state index contributed by atoms with van der Waals surface area (Å²) in [7, 11) is -2.41. The average Bonchev–Trinajstić information content (AvgIpc) is 2.86. The minimum atomic E-state index is -3.90. The summed E-state index contributed by atoms with van der Waals surface area (Å²) in [5, 5.41) is 2.58. The molecule has 2 N–H and O–H groups in total. The second-order valence-electron chi connectivity index (χ2n) is 9.40. The van der Waals surface area contributed by atoms with E-state index in [1.807, 2.05) is 13.8 Å². The Hall–Kier alpha value is -3.02. The van der Waals surface area contributed by atoms with E-state index in [1.54, 1.807) is 43.4 Å². The number of nitrogens with one attached hydrogen (secondary N) is 2. The maximum Gasteiger partial charge on any atom is 0.328 e. The SMILES string of the molecule is CO[C@@H]1COC(=O)[C@H](C)NC(=O)CC=C[C@@H](C)[C@H](NS(=O)(=O)c2ccc(C)cc2)COC(=O)CC=C[C@@H]1C. The topological polar surface area (TPSA) is 137 Å². The molecule has 0 aliphatic carbocycles. The third kappa shape index (κ3) is 10.0. The number of methoxy groups -OCH3 is 1. The first-order valence-corrected chi connectivity index (χ1v) is 14.0. The molecule has 0 spiro atoms.